The van der Waals surface area contributed by atoms with Crippen LogP contribution in [-0.2, 0) is 4.79 Å². The van der Waals surface area contributed by atoms with Crippen molar-refractivity contribution in [2.45, 2.75) is 6.92 Å². The van der Waals surface area contributed by atoms with Crippen LogP contribution in [0.15, 0.2) is 48.5 Å². The Morgan fingerprint density at radius 1 is 1.20 bits per heavy atom. The zero-order chi connectivity index (χ0) is 14.7. The summed E-state index contributed by atoms with van der Waals surface area (Å²) < 4.78 is 0. The molecule has 0 bridgehead atoms. The Bertz CT molecular complexity index is 659. The third kappa shape index (κ3) is 2.78. The molecular weight excluding hydrogens is 280 g/mol. The molecule has 0 saturated carbocycles. The highest BCUT2D eigenvalue weighted by atomic mass is 35.5. The topological polar surface area (TPSA) is 63.5 Å². The van der Waals surface area contributed by atoms with Gasteiger partial charge in [-0.2, -0.15) is 0 Å². The molecule has 0 fully saturated rings. The molecular formula is C14H11ClN2O3. The van der Waals surface area contributed by atoms with Gasteiger partial charge in [0.25, 0.3) is 5.69 Å². The summed E-state index contributed by atoms with van der Waals surface area (Å²) in [5.41, 5.74) is 0.528. The third-order valence-electron chi connectivity index (χ3n) is 2.70. The van der Waals surface area contributed by atoms with Gasteiger partial charge >= 0.3 is 0 Å². The molecule has 6 heteroatoms. The molecule has 0 aliphatic rings. The molecule has 0 radical (unpaired) electrons. The van der Waals surface area contributed by atoms with Gasteiger partial charge in [0.15, 0.2) is 0 Å². The summed E-state index contributed by atoms with van der Waals surface area (Å²) in [6.07, 6.45) is 0. The number of nitro benzene ring substituents is 1. The second-order valence-electron chi connectivity index (χ2n) is 4.08. The van der Waals surface area contributed by atoms with Crippen molar-refractivity contribution in [2.24, 2.45) is 0 Å². The van der Waals surface area contributed by atoms with Gasteiger partial charge in [-0.25, -0.2) is 0 Å². The maximum absolute atomic E-state index is 11.9. The van der Waals surface area contributed by atoms with Crippen molar-refractivity contribution < 1.29 is 9.72 Å². The van der Waals surface area contributed by atoms with E-state index >= 15 is 0 Å². The molecule has 2 aromatic carbocycles. The molecule has 20 heavy (non-hydrogen) atoms. The predicted molar refractivity (Wildman–Crippen MR) is 77.4 cm³/mol. The van der Waals surface area contributed by atoms with Gasteiger partial charge in [-0.3, -0.25) is 19.8 Å². The summed E-state index contributed by atoms with van der Waals surface area (Å²) in [7, 11) is 0. The zero-order valence-corrected chi connectivity index (χ0v) is 11.4. The van der Waals surface area contributed by atoms with Crippen molar-refractivity contribution >= 4 is 34.6 Å². The Hall–Kier alpha value is -2.40. The van der Waals surface area contributed by atoms with Crippen LogP contribution in [0.3, 0.4) is 0 Å². The van der Waals surface area contributed by atoms with E-state index < -0.39 is 4.92 Å². The summed E-state index contributed by atoms with van der Waals surface area (Å²) >= 11 is 5.90. The molecule has 0 heterocycles. The van der Waals surface area contributed by atoms with Gasteiger partial charge in [0.05, 0.1) is 4.92 Å². The fourth-order valence-electron chi connectivity index (χ4n) is 1.90. The van der Waals surface area contributed by atoms with Crippen molar-refractivity contribution in [2.75, 3.05) is 4.90 Å². The Morgan fingerprint density at radius 2 is 1.85 bits per heavy atom. The zero-order valence-electron chi connectivity index (χ0n) is 10.6. The van der Waals surface area contributed by atoms with Crippen molar-refractivity contribution in [3.8, 4) is 0 Å². The third-order valence-corrected chi connectivity index (χ3v) is 2.94. The van der Waals surface area contributed by atoms with Gasteiger partial charge in [0.1, 0.15) is 5.69 Å². The summed E-state index contributed by atoms with van der Waals surface area (Å²) in [4.78, 5) is 23.7. The van der Waals surface area contributed by atoms with E-state index in [2.05, 4.69) is 0 Å². The summed E-state index contributed by atoms with van der Waals surface area (Å²) in [5.74, 6) is -0.332. The fraction of sp³-hybridized carbons (Fsp3) is 0.0714. The lowest BCUT2D eigenvalue weighted by atomic mass is 10.2. The highest BCUT2D eigenvalue weighted by Gasteiger charge is 2.23. The van der Waals surface area contributed by atoms with Crippen molar-refractivity contribution in [3.05, 3.63) is 63.7 Å². The second-order valence-corrected chi connectivity index (χ2v) is 4.52. The first-order valence-electron chi connectivity index (χ1n) is 5.80. The largest absolute Gasteiger partial charge is 0.293 e. The summed E-state index contributed by atoms with van der Waals surface area (Å²) in [5, 5.41) is 11.4. The van der Waals surface area contributed by atoms with E-state index in [1.54, 1.807) is 30.3 Å². The van der Waals surface area contributed by atoms with Gasteiger partial charge in [0, 0.05) is 23.7 Å². The van der Waals surface area contributed by atoms with Crippen LogP contribution in [0.2, 0.25) is 5.02 Å². The van der Waals surface area contributed by atoms with Crippen LogP contribution >= 0.6 is 11.6 Å². The van der Waals surface area contributed by atoms with Crippen molar-refractivity contribution in [3.63, 3.8) is 0 Å². The van der Waals surface area contributed by atoms with E-state index in [0.717, 1.165) is 0 Å². The maximum atomic E-state index is 11.9. The van der Waals surface area contributed by atoms with Gasteiger partial charge in [0.2, 0.25) is 5.91 Å². The molecule has 0 aliphatic heterocycles. The number of nitrogens with zero attached hydrogens (tertiary/aromatic N) is 2. The van der Waals surface area contributed by atoms with Gasteiger partial charge in [-0.1, -0.05) is 29.8 Å². The van der Waals surface area contributed by atoms with E-state index in [9.17, 15) is 14.9 Å². The van der Waals surface area contributed by atoms with E-state index in [-0.39, 0.29) is 17.3 Å². The van der Waals surface area contributed by atoms with Gasteiger partial charge < -0.3 is 0 Å². The van der Waals surface area contributed by atoms with Crippen LogP contribution < -0.4 is 4.90 Å². The van der Waals surface area contributed by atoms with Crippen molar-refractivity contribution in [1.82, 2.24) is 0 Å². The van der Waals surface area contributed by atoms with Crippen LogP contribution in [0.25, 0.3) is 0 Å². The Kier molecular flexibility index (Phi) is 4.00. The highest BCUT2D eigenvalue weighted by molar-refractivity contribution is 6.31. The first-order valence-corrected chi connectivity index (χ1v) is 6.18. The SMILES string of the molecule is CC(=O)N(c1ccccc1)c1cc(Cl)ccc1[N+](=O)[O-]. The normalized spacial score (nSPS) is 10.1. The Balaban J connectivity index is 2.64. The average Bonchev–Trinajstić information content (AvgIpc) is 2.39. The molecule has 0 saturated heterocycles. The quantitative estimate of drug-likeness (QED) is 0.635. The van der Waals surface area contributed by atoms with E-state index in [4.69, 9.17) is 11.6 Å². The first kappa shape index (κ1) is 14.0. The monoisotopic (exact) mass is 290 g/mol. The van der Waals surface area contributed by atoms with Crippen LogP contribution in [-0.4, -0.2) is 10.8 Å². The van der Waals surface area contributed by atoms with Crippen LogP contribution in [0.4, 0.5) is 17.1 Å². The van der Waals surface area contributed by atoms with Crippen LogP contribution in [0.1, 0.15) is 6.92 Å². The summed E-state index contributed by atoms with van der Waals surface area (Å²) in [6.45, 7) is 1.34. The van der Waals surface area contributed by atoms with Crippen molar-refractivity contribution in [1.29, 1.82) is 0 Å². The predicted octanol–water partition coefficient (Wildman–Crippen LogP) is 3.93. The molecule has 0 N–H and O–H groups in total. The second kappa shape index (κ2) is 5.71. The minimum absolute atomic E-state index is 0.154. The van der Waals surface area contributed by atoms with E-state index in [1.165, 1.54) is 30.0 Å². The average molecular weight is 291 g/mol. The Labute approximate surface area is 120 Å². The lowest BCUT2D eigenvalue weighted by Crippen LogP contribution is -2.23. The number of hydrogen-bond donors (Lipinski definition) is 0. The van der Waals surface area contributed by atoms with Gasteiger partial charge in [-0.05, 0) is 24.3 Å². The molecule has 0 aromatic heterocycles. The molecule has 2 aromatic rings. The number of anilines is 2. The number of nitro groups is 1. The molecule has 2 rings (SSSR count). The lowest BCUT2D eigenvalue weighted by molar-refractivity contribution is -0.384. The Morgan fingerprint density at radius 3 is 2.40 bits per heavy atom. The number of carbonyl (C=O) groups excluding carboxylic acids is 1. The minimum atomic E-state index is -0.537. The number of halogens is 1. The fourth-order valence-corrected chi connectivity index (χ4v) is 2.06. The van der Waals surface area contributed by atoms with Crippen LogP contribution in [0.5, 0.6) is 0 Å². The smallest absolute Gasteiger partial charge is 0.275 e. The molecule has 0 aliphatic carbocycles. The lowest BCUT2D eigenvalue weighted by Gasteiger charge is -2.21. The number of para-hydroxylation sites is 1. The van der Waals surface area contributed by atoms with E-state index in [0.29, 0.717) is 10.7 Å². The number of rotatable bonds is 3. The molecule has 0 spiro atoms. The van der Waals surface area contributed by atoms with Gasteiger partial charge in [-0.15, -0.1) is 0 Å². The maximum Gasteiger partial charge on any atom is 0.293 e. The number of amides is 1. The molecule has 5 nitrogen and oxygen atoms in total. The molecule has 0 unspecified atom stereocenters. The minimum Gasteiger partial charge on any atom is -0.275 e. The first-order chi connectivity index (χ1) is 9.50. The summed E-state index contributed by atoms with van der Waals surface area (Å²) in [6, 6.07) is 12.8. The highest BCUT2D eigenvalue weighted by Crippen LogP contribution is 2.35. The number of carbonyl (C=O) groups is 1. The number of benzene rings is 2. The number of hydrogen-bond acceptors (Lipinski definition) is 3. The standard InChI is InChI=1S/C14H11ClN2O3/c1-10(18)16(12-5-3-2-4-6-12)14-9-11(15)7-8-13(14)17(19)20/h2-9H,1H3. The van der Waals surface area contributed by atoms with E-state index in [1.807, 2.05) is 0 Å². The molecule has 0 atom stereocenters. The van der Waals surface area contributed by atoms with Crippen LogP contribution in [0, 0.1) is 10.1 Å². The molecule has 102 valence electrons. The molecule has 1 amide bonds.